The number of nitrogen functional groups attached to an aromatic ring is 1. The third-order valence-electron chi connectivity index (χ3n) is 4.82. The van der Waals surface area contributed by atoms with Crippen molar-refractivity contribution in [1.82, 2.24) is 0 Å². The molecular weight excluding hydrogens is 338 g/mol. The molecule has 0 spiro atoms. The minimum Gasteiger partial charge on any atom is -0.398 e. The molecule has 1 aliphatic rings. The molecule has 1 heterocycles. The highest BCUT2D eigenvalue weighted by Crippen LogP contribution is 2.48. The van der Waals surface area contributed by atoms with Crippen LogP contribution in [-0.4, -0.2) is 13.1 Å². The van der Waals surface area contributed by atoms with Crippen molar-refractivity contribution < 1.29 is 0 Å². The van der Waals surface area contributed by atoms with Gasteiger partial charge in [-0.15, -0.1) is 0 Å². The second-order valence-electron chi connectivity index (χ2n) is 6.38. The lowest BCUT2D eigenvalue weighted by molar-refractivity contribution is 0.864. The average molecular weight is 362 g/mol. The minimum atomic E-state index is 0.813. The predicted octanol–water partition coefficient (Wildman–Crippen LogP) is 5.99. The molecule has 0 saturated heterocycles. The topological polar surface area (TPSA) is 41.3 Å². The van der Waals surface area contributed by atoms with Gasteiger partial charge in [-0.1, -0.05) is 42.1 Å². The maximum Gasteiger partial charge on any atom is 0.0534 e. The van der Waals surface area contributed by atoms with E-state index in [2.05, 4.69) is 66.5 Å². The van der Waals surface area contributed by atoms with Crippen molar-refractivity contribution in [1.29, 1.82) is 0 Å². The molecule has 0 fully saturated rings. The molecule has 4 rings (SSSR count). The van der Waals surface area contributed by atoms with E-state index in [1.807, 2.05) is 18.2 Å². The Morgan fingerprint density at radius 3 is 2.35 bits per heavy atom. The third kappa shape index (κ3) is 3.01. The molecule has 0 atom stereocenters. The lowest BCUT2D eigenvalue weighted by Crippen LogP contribution is -2.21. The first kappa shape index (κ1) is 16.9. The fourth-order valence-electron chi connectivity index (χ4n) is 3.39. The van der Waals surface area contributed by atoms with Crippen LogP contribution in [0, 0.1) is 0 Å². The van der Waals surface area contributed by atoms with Gasteiger partial charge in [0.15, 0.2) is 0 Å². The molecule has 4 heteroatoms. The van der Waals surface area contributed by atoms with Gasteiger partial charge >= 0.3 is 0 Å². The van der Waals surface area contributed by atoms with Gasteiger partial charge in [0.1, 0.15) is 0 Å². The van der Waals surface area contributed by atoms with Gasteiger partial charge in [0.2, 0.25) is 0 Å². The number of hydrogen-bond acceptors (Lipinski definition) is 4. The van der Waals surface area contributed by atoms with Crippen LogP contribution >= 0.6 is 11.8 Å². The first-order chi connectivity index (χ1) is 12.7. The molecule has 3 aromatic carbocycles. The van der Waals surface area contributed by atoms with Gasteiger partial charge in [-0.25, -0.2) is 0 Å². The monoisotopic (exact) mass is 361 g/mol. The summed E-state index contributed by atoms with van der Waals surface area (Å²) in [7, 11) is 0. The zero-order chi connectivity index (χ0) is 18.1. The van der Waals surface area contributed by atoms with E-state index >= 15 is 0 Å². The molecule has 0 aliphatic carbocycles. The van der Waals surface area contributed by atoms with E-state index in [0.29, 0.717) is 0 Å². The first-order valence-electron chi connectivity index (χ1n) is 9.02. The van der Waals surface area contributed by atoms with Crippen molar-refractivity contribution >= 4 is 34.5 Å². The number of nitrogens with two attached hydrogens (primary N) is 1. The predicted molar refractivity (Wildman–Crippen MR) is 114 cm³/mol. The normalized spacial score (nSPS) is 12.1. The van der Waals surface area contributed by atoms with Crippen LogP contribution in [0.2, 0.25) is 0 Å². The van der Waals surface area contributed by atoms with Crippen LogP contribution in [0.4, 0.5) is 22.7 Å². The molecule has 0 bridgehead atoms. The molecular formula is C22H23N3S. The zero-order valence-corrected chi connectivity index (χ0v) is 15.9. The van der Waals surface area contributed by atoms with Crippen LogP contribution in [0.3, 0.4) is 0 Å². The van der Waals surface area contributed by atoms with Crippen molar-refractivity contribution in [2.45, 2.75) is 23.6 Å². The van der Waals surface area contributed by atoms with Crippen LogP contribution < -0.4 is 16.0 Å². The van der Waals surface area contributed by atoms with Crippen LogP contribution in [0.5, 0.6) is 0 Å². The maximum absolute atomic E-state index is 6.37. The summed E-state index contributed by atoms with van der Waals surface area (Å²) in [5.74, 6) is 0. The molecule has 1 aliphatic heterocycles. The van der Waals surface area contributed by atoms with Gasteiger partial charge < -0.3 is 16.0 Å². The summed E-state index contributed by atoms with van der Waals surface area (Å²) < 4.78 is 0. The summed E-state index contributed by atoms with van der Waals surface area (Å²) in [6.07, 6.45) is 0. The largest absolute Gasteiger partial charge is 0.398 e. The Kier molecular flexibility index (Phi) is 4.51. The molecule has 132 valence electrons. The summed E-state index contributed by atoms with van der Waals surface area (Å²) in [5.41, 5.74) is 12.9. The Morgan fingerprint density at radius 2 is 1.62 bits per heavy atom. The Labute approximate surface area is 159 Å². The summed E-state index contributed by atoms with van der Waals surface area (Å²) >= 11 is 1.78. The van der Waals surface area contributed by atoms with Crippen LogP contribution in [0.25, 0.3) is 11.1 Å². The maximum atomic E-state index is 6.37. The number of fused-ring (bicyclic) bond motifs is 2. The van der Waals surface area contributed by atoms with Gasteiger partial charge in [-0.3, -0.25) is 0 Å². The van der Waals surface area contributed by atoms with Crippen LogP contribution in [-0.2, 0) is 0 Å². The number of hydrogen-bond donors (Lipinski definition) is 2. The quantitative estimate of drug-likeness (QED) is 0.438. The van der Waals surface area contributed by atoms with E-state index < -0.39 is 0 Å². The number of rotatable bonds is 4. The molecule has 0 unspecified atom stereocenters. The SMILES string of the molecule is CCN(CC)c1ccc2c(c1)Sc1cc(N)c(-c3ccccc3)cc1N2. The van der Waals surface area contributed by atoms with Gasteiger partial charge in [-0.2, -0.15) is 0 Å². The fraction of sp³-hybridized carbons (Fsp3) is 0.182. The lowest BCUT2D eigenvalue weighted by Gasteiger charge is -2.26. The fourth-order valence-corrected chi connectivity index (χ4v) is 4.44. The van der Waals surface area contributed by atoms with Gasteiger partial charge in [0.25, 0.3) is 0 Å². The molecule has 26 heavy (non-hydrogen) atoms. The summed E-state index contributed by atoms with van der Waals surface area (Å²) in [5, 5.41) is 3.59. The van der Waals surface area contributed by atoms with Crippen molar-refractivity contribution in [3.63, 3.8) is 0 Å². The molecule has 0 amide bonds. The Morgan fingerprint density at radius 1 is 0.885 bits per heavy atom. The lowest BCUT2D eigenvalue weighted by atomic mass is 10.0. The van der Waals surface area contributed by atoms with E-state index in [-0.39, 0.29) is 0 Å². The van der Waals surface area contributed by atoms with Crippen molar-refractivity contribution in [3.05, 3.63) is 60.7 Å². The molecule has 3 aromatic rings. The highest BCUT2D eigenvalue weighted by Gasteiger charge is 2.19. The standard InChI is InChI=1S/C22H23N3S/c1-3-25(4-2)16-10-11-19-21(12-16)26-22-14-18(23)17(13-20(22)24-19)15-8-6-5-7-9-15/h5-14,24H,3-4,23H2,1-2H3. The van der Waals surface area contributed by atoms with Crippen molar-refractivity contribution in [2.24, 2.45) is 0 Å². The van der Waals surface area contributed by atoms with E-state index in [0.717, 1.165) is 41.3 Å². The molecule has 0 saturated carbocycles. The molecule has 0 radical (unpaired) electrons. The number of nitrogens with zero attached hydrogens (tertiary/aromatic N) is 1. The number of anilines is 4. The second-order valence-corrected chi connectivity index (χ2v) is 7.47. The average Bonchev–Trinajstić information content (AvgIpc) is 2.67. The van der Waals surface area contributed by atoms with E-state index in [1.165, 1.54) is 15.5 Å². The van der Waals surface area contributed by atoms with Crippen LogP contribution in [0.15, 0.2) is 70.5 Å². The van der Waals surface area contributed by atoms with Crippen molar-refractivity contribution in [3.8, 4) is 11.1 Å². The number of benzene rings is 3. The van der Waals surface area contributed by atoms with Gasteiger partial charge in [-0.05, 0) is 49.7 Å². The Balaban J connectivity index is 1.71. The Hall–Kier alpha value is -2.59. The second kappa shape index (κ2) is 6.96. The van der Waals surface area contributed by atoms with Gasteiger partial charge in [0.05, 0.1) is 11.4 Å². The highest BCUT2D eigenvalue weighted by molar-refractivity contribution is 7.99. The smallest absolute Gasteiger partial charge is 0.0534 e. The zero-order valence-electron chi connectivity index (χ0n) is 15.1. The summed E-state index contributed by atoms with van der Waals surface area (Å²) in [6.45, 7) is 6.40. The third-order valence-corrected chi connectivity index (χ3v) is 5.93. The van der Waals surface area contributed by atoms with E-state index in [1.54, 1.807) is 11.8 Å². The first-order valence-corrected chi connectivity index (χ1v) is 9.84. The van der Waals surface area contributed by atoms with Gasteiger partial charge in [0, 0.05) is 39.8 Å². The molecule has 0 aromatic heterocycles. The summed E-state index contributed by atoms with van der Waals surface area (Å²) in [6, 6.07) is 21.2. The number of nitrogens with one attached hydrogen (secondary N) is 1. The van der Waals surface area contributed by atoms with E-state index in [4.69, 9.17) is 5.73 Å². The minimum absolute atomic E-state index is 0.813. The highest BCUT2D eigenvalue weighted by atomic mass is 32.2. The molecule has 3 nitrogen and oxygen atoms in total. The molecule has 3 N–H and O–H groups in total. The summed E-state index contributed by atoms with van der Waals surface area (Å²) in [4.78, 5) is 4.78. The Bertz CT molecular complexity index is 934. The van der Waals surface area contributed by atoms with Crippen LogP contribution in [0.1, 0.15) is 13.8 Å². The van der Waals surface area contributed by atoms with Crippen molar-refractivity contribution in [2.75, 3.05) is 29.0 Å². The van der Waals surface area contributed by atoms with E-state index in [9.17, 15) is 0 Å².